The van der Waals surface area contributed by atoms with Crippen molar-refractivity contribution in [1.82, 2.24) is 19.9 Å². The van der Waals surface area contributed by atoms with Crippen molar-refractivity contribution in [2.75, 3.05) is 30.4 Å². The molecule has 1 saturated heterocycles. The summed E-state index contributed by atoms with van der Waals surface area (Å²) in [5, 5.41) is 4.51. The largest absolute Gasteiger partial charge is 0.423 e. The third kappa shape index (κ3) is 3.31. The Kier molecular flexibility index (Phi) is 4.61. The van der Waals surface area contributed by atoms with Crippen molar-refractivity contribution >= 4 is 39.2 Å². The summed E-state index contributed by atoms with van der Waals surface area (Å²) in [6.07, 6.45) is 3.03. The molecule has 37 heavy (non-hydrogen) atoms. The molecule has 10 heteroatoms. The van der Waals surface area contributed by atoms with E-state index in [1.807, 2.05) is 13.8 Å². The second-order valence-corrected chi connectivity index (χ2v) is 11.2. The van der Waals surface area contributed by atoms with Crippen LogP contribution in [-0.2, 0) is 5.41 Å². The fraction of sp³-hybridized carbons (Fsp3) is 0.407. The second-order valence-electron chi connectivity index (χ2n) is 11.2. The first-order valence-electron chi connectivity index (χ1n) is 12.6. The van der Waals surface area contributed by atoms with Crippen molar-refractivity contribution in [3.05, 3.63) is 41.5 Å². The molecule has 3 aromatic heterocycles. The van der Waals surface area contributed by atoms with E-state index in [1.165, 1.54) is 12.1 Å². The van der Waals surface area contributed by atoms with Crippen LogP contribution in [0.3, 0.4) is 0 Å². The quantitative estimate of drug-likeness (QED) is 0.382. The number of ether oxygens (including phenoxy) is 1. The van der Waals surface area contributed by atoms with E-state index in [4.69, 9.17) is 15.5 Å². The number of nitrogens with one attached hydrogen (secondary N) is 2. The molecule has 0 radical (unpaired) electrons. The second kappa shape index (κ2) is 7.61. The smallest absolute Gasteiger partial charge is 0.326 e. The van der Waals surface area contributed by atoms with Crippen molar-refractivity contribution in [1.29, 1.82) is 0 Å². The summed E-state index contributed by atoms with van der Waals surface area (Å²) in [4.78, 5) is 32.2. The summed E-state index contributed by atoms with van der Waals surface area (Å²) in [5.74, 6) is 1.73. The molecule has 1 aliphatic heterocycles. The minimum Gasteiger partial charge on any atom is -0.423 e. The van der Waals surface area contributed by atoms with E-state index >= 15 is 0 Å². The highest BCUT2D eigenvalue weighted by molar-refractivity contribution is 6.14. The Hall–Kier alpha value is -3.79. The molecular weight excluding hydrogens is 473 g/mol. The Labute approximate surface area is 212 Å². The molecule has 1 saturated carbocycles. The van der Waals surface area contributed by atoms with Gasteiger partial charge in [-0.05, 0) is 36.5 Å². The molecule has 0 bridgehead atoms. The number of pyridine rings is 1. The molecule has 4 heterocycles. The molecule has 7 rings (SSSR count). The van der Waals surface area contributed by atoms with Crippen LogP contribution >= 0.6 is 0 Å². The Morgan fingerprint density at radius 1 is 1.24 bits per heavy atom. The molecule has 0 spiro atoms. The molecule has 2 unspecified atom stereocenters. The molecule has 4 aromatic rings. The van der Waals surface area contributed by atoms with Crippen molar-refractivity contribution in [3.8, 4) is 11.8 Å². The monoisotopic (exact) mass is 501 g/mol. The van der Waals surface area contributed by atoms with Gasteiger partial charge in [0.25, 0.3) is 0 Å². The van der Waals surface area contributed by atoms with Crippen LogP contribution in [0.1, 0.15) is 42.7 Å². The van der Waals surface area contributed by atoms with Crippen molar-refractivity contribution in [3.63, 3.8) is 0 Å². The number of H-pyrrole nitrogens is 1. The van der Waals surface area contributed by atoms with Crippen LogP contribution in [0.15, 0.2) is 24.4 Å². The van der Waals surface area contributed by atoms with Gasteiger partial charge in [-0.15, -0.1) is 0 Å². The lowest BCUT2D eigenvalue weighted by Gasteiger charge is -2.36. The lowest BCUT2D eigenvalue weighted by Crippen LogP contribution is -2.46. The molecular formula is C27H28FN7O2. The zero-order valence-electron chi connectivity index (χ0n) is 20.9. The van der Waals surface area contributed by atoms with Gasteiger partial charge in [-0.1, -0.05) is 13.8 Å². The summed E-state index contributed by atoms with van der Waals surface area (Å²) in [5.41, 5.74) is 9.26. The van der Waals surface area contributed by atoms with Crippen LogP contribution in [-0.4, -0.2) is 51.9 Å². The Bertz CT molecular complexity index is 1610. The average molecular weight is 502 g/mol. The number of benzene rings is 1. The van der Waals surface area contributed by atoms with Crippen molar-refractivity contribution in [2.45, 2.75) is 38.1 Å². The van der Waals surface area contributed by atoms with Gasteiger partial charge in [-0.2, -0.15) is 9.97 Å². The third-order valence-electron chi connectivity index (χ3n) is 8.29. The van der Waals surface area contributed by atoms with Crippen LogP contribution < -0.4 is 20.7 Å². The molecule has 190 valence electrons. The summed E-state index contributed by atoms with van der Waals surface area (Å²) in [7, 11) is 1.75. The number of carbonyl (C=O) groups excluding carboxylic acids is 1. The van der Waals surface area contributed by atoms with E-state index in [-0.39, 0.29) is 29.1 Å². The molecule has 2 fully saturated rings. The van der Waals surface area contributed by atoms with Crippen LogP contribution in [0, 0.1) is 17.7 Å². The highest BCUT2D eigenvalue weighted by atomic mass is 19.1. The number of aromatic nitrogens is 4. The fourth-order valence-electron chi connectivity index (χ4n) is 6.37. The van der Waals surface area contributed by atoms with E-state index in [0.29, 0.717) is 52.1 Å². The van der Waals surface area contributed by atoms with Gasteiger partial charge in [-0.25, -0.2) is 4.39 Å². The first-order valence-corrected chi connectivity index (χ1v) is 12.6. The summed E-state index contributed by atoms with van der Waals surface area (Å²) in [6, 6.07) is 5.01. The highest BCUT2D eigenvalue weighted by Crippen LogP contribution is 2.45. The standard InChI is InChI=1S/C27H28FN7O2/c1-27(2)8-20(36)15-7-14(9-31-23(15)27)37-26-33-24-21(16-5-13(28)6-19(30-3)22(16)32-24)25(34-26)35-10-12-4-18(29)17(12)11-35/h5-7,9,12,17-18,30H,4,8,10-11,29H2,1-3H3,(H,32,33,34)/t12?,17?,18-/m1/s1. The van der Waals surface area contributed by atoms with Crippen LogP contribution in [0.4, 0.5) is 15.9 Å². The number of aromatic amines is 1. The molecule has 4 N–H and O–H groups in total. The summed E-state index contributed by atoms with van der Waals surface area (Å²) >= 11 is 0. The van der Waals surface area contributed by atoms with E-state index in [0.717, 1.165) is 36.1 Å². The molecule has 2 aliphatic carbocycles. The van der Waals surface area contributed by atoms with Gasteiger partial charge in [-0.3, -0.25) is 9.78 Å². The lowest BCUT2D eigenvalue weighted by molar-refractivity contribution is 0.0979. The van der Waals surface area contributed by atoms with Gasteiger partial charge in [0.15, 0.2) is 5.78 Å². The van der Waals surface area contributed by atoms with Crippen LogP contribution in [0.5, 0.6) is 11.8 Å². The zero-order chi connectivity index (χ0) is 25.6. The average Bonchev–Trinajstić information content (AvgIpc) is 3.46. The number of ketones is 1. The topological polar surface area (TPSA) is 122 Å². The number of nitrogens with two attached hydrogens (primary N) is 1. The number of rotatable bonds is 4. The zero-order valence-corrected chi connectivity index (χ0v) is 20.9. The SMILES string of the molecule is CNc1cc(F)cc2c1[nH]c1nc(Oc3cnc4c(c3)C(=O)CC4(C)C)nc(N3CC4C[C@@H](N)C4C3)c12. The lowest BCUT2D eigenvalue weighted by atomic mass is 9.72. The first kappa shape index (κ1) is 22.4. The van der Waals surface area contributed by atoms with Crippen LogP contribution in [0.2, 0.25) is 0 Å². The number of halogens is 1. The summed E-state index contributed by atoms with van der Waals surface area (Å²) < 4.78 is 20.7. The van der Waals surface area contributed by atoms with E-state index in [2.05, 4.69) is 25.2 Å². The predicted octanol–water partition coefficient (Wildman–Crippen LogP) is 4.13. The van der Waals surface area contributed by atoms with E-state index < -0.39 is 0 Å². The summed E-state index contributed by atoms with van der Waals surface area (Å²) in [6.45, 7) is 5.64. The number of nitrogens with zero attached hydrogens (tertiary/aromatic N) is 4. The molecule has 9 nitrogen and oxygen atoms in total. The molecule has 3 atom stereocenters. The van der Waals surface area contributed by atoms with Crippen molar-refractivity contribution < 1.29 is 13.9 Å². The van der Waals surface area contributed by atoms with Crippen LogP contribution in [0.25, 0.3) is 21.9 Å². The van der Waals surface area contributed by atoms with Gasteiger partial charge in [0.1, 0.15) is 23.0 Å². The van der Waals surface area contributed by atoms with Gasteiger partial charge >= 0.3 is 6.01 Å². The highest BCUT2D eigenvalue weighted by Gasteiger charge is 2.46. The molecule has 1 aromatic carbocycles. The predicted molar refractivity (Wildman–Crippen MR) is 139 cm³/mol. The third-order valence-corrected chi connectivity index (χ3v) is 8.29. The van der Waals surface area contributed by atoms with Gasteiger partial charge in [0.2, 0.25) is 0 Å². The van der Waals surface area contributed by atoms with Gasteiger partial charge in [0, 0.05) is 49.0 Å². The molecule has 0 amide bonds. The maximum atomic E-state index is 14.6. The number of hydrogen-bond acceptors (Lipinski definition) is 8. The van der Waals surface area contributed by atoms with E-state index in [1.54, 1.807) is 19.3 Å². The number of carbonyl (C=O) groups is 1. The van der Waals surface area contributed by atoms with Crippen molar-refractivity contribution in [2.24, 2.45) is 17.6 Å². The number of hydrogen-bond donors (Lipinski definition) is 3. The normalized spacial score (nSPS) is 23.9. The maximum absolute atomic E-state index is 14.6. The minimum absolute atomic E-state index is 0.0520. The number of anilines is 2. The molecule has 3 aliphatic rings. The Balaban J connectivity index is 1.36. The van der Waals surface area contributed by atoms with Gasteiger partial charge < -0.3 is 25.7 Å². The first-order chi connectivity index (χ1) is 17.7. The maximum Gasteiger partial charge on any atom is 0.326 e. The minimum atomic E-state index is -0.343. The Morgan fingerprint density at radius 3 is 2.84 bits per heavy atom. The van der Waals surface area contributed by atoms with E-state index in [9.17, 15) is 9.18 Å². The number of Topliss-reactive ketones (excluding diaryl/α,β-unsaturated/α-hetero) is 1. The van der Waals surface area contributed by atoms with Gasteiger partial charge in [0.05, 0.1) is 28.5 Å². The Morgan fingerprint density at radius 2 is 2.08 bits per heavy atom. The number of fused-ring (bicyclic) bond motifs is 5. The fourth-order valence-corrected chi connectivity index (χ4v) is 6.37.